The number of anilines is 1. The topological polar surface area (TPSA) is 86.1 Å². The van der Waals surface area contributed by atoms with Crippen LogP contribution < -0.4 is 9.03 Å². The van der Waals surface area contributed by atoms with Gasteiger partial charge in [0.05, 0.1) is 5.69 Å². The van der Waals surface area contributed by atoms with E-state index >= 15 is 0 Å². The highest BCUT2D eigenvalue weighted by Gasteiger charge is 2.29. The van der Waals surface area contributed by atoms with Crippen molar-refractivity contribution in [3.05, 3.63) is 36.2 Å². The fraction of sp³-hybridized carbons (Fsp3) is 0.286. The fourth-order valence-electron chi connectivity index (χ4n) is 2.42. The van der Waals surface area contributed by atoms with Crippen LogP contribution in [0.5, 0.6) is 0 Å². The van der Waals surface area contributed by atoms with Crippen molar-refractivity contribution in [3.63, 3.8) is 0 Å². The second-order valence-corrected chi connectivity index (χ2v) is 6.85. The maximum absolute atomic E-state index is 12.1. The first-order chi connectivity index (χ1) is 10.0. The van der Waals surface area contributed by atoms with E-state index in [1.165, 1.54) is 4.31 Å². The van der Waals surface area contributed by atoms with Crippen molar-refractivity contribution in [2.45, 2.75) is 6.92 Å². The molecule has 0 aliphatic carbocycles. The minimum atomic E-state index is -3.49. The van der Waals surface area contributed by atoms with Crippen LogP contribution in [-0.2, 0) is 10.2 Å². The lowest BCUT2D eigenvalue weighted by Gasteiger charge is -2.32. The van der Waals surface area contributed by atoms with E-state index < -0.39 is 10.2 Å². The van der Waals surface area contributed by atoms with Crippen LogP contribution in [0.15, 0.2) is 30.5 Å². The Labute approximate surface area is 123 Å². The molecule has 1 aliphatic rings. The van der Waals surface area contributed by atoms with E-state index in [-0.39, 0.29) is 5.92 Å². The summed E-state index contributed by atoms with van der Waals surface area (Å²) in [6.45, 7) is 2.89. The van der Waals surface area contributed by atoms with Crippen LogP contribution in [-0.4, -0.2) is 26.5 Å². The van der Waals surface area contributed by atoms with Gasteiger partial charge in [0.15, 0.2) is 0 Å². The molecular formula is C14H14N4O2S. The summed E-state index contributed by atoms with van der Waals surface area (Å²) >= 11 is 0. The van der Waals surface area contributed by atoms with Crippen molar-refractivity contribution in [2.75, 3.05) is 17.4 Å². The van der Waals surface area contributed by atoms with Gasteiger partial charge >= 0.3 is 10.2 Å². The predicted molar refractivity (Wildman–Crippen MR) is 79.9 cm³/mol. The molecule has 21 heavy (non-hydrogen) atoms. The molecule has 0 bridgehead atoms. The second-order valence-electron chi connectivity index (χ2n) is 5.17. The molecule has 2 aromatic rings. The third kappa shape index (κ3) is 2.44. The number of benzene rings is 1. The standard InChI is InChI=1S/C14H14N4O2S/c1-10-8-17-21(19,20)18(9-10)12-2-3-13-11(6-12)4-5-16-14(13)7-15/h2-6,10,17H,8-9H2,1H3. The van der Waals surface area contributed by atoms with Crippen molar-refractivity contribution in [1.82, 2.24) is 9.71 Å². The van der Waals surface area contributed by atoms with Gasteiger partial charge in [0, 0.05) is 24.7 Å². The smallest absolute Gasteiger partial charge is 0.258 e. The fourth-order valence-corrected chi connectivity index (χ4v) is 3.92. The maximum atomic E-state index is 12.1. The van der Waals surface area contributed by atoms with Crippen molar-refractivity contribution in [2.24, 2.45) is 5.92 Å². The summed E-state index contributed by atoms with van der Waals surface area (Å²) in [5.41, 5.74) is 0.934. The number of nitrogens with zero attached hydrogens (tertiary/aromatic N) is 3. The molecule has 0 amide bonds. The van der Waals surface area contributed by atoms with Crippen LogP contribution in [0.1, 0.15) is 12.6 Å². The van der Waals surface area contributed by atoms with Crippen LogP contribution in [0, 0.1) is 17.2 Å². The summed E-state index contributed by atoms with van der Waals surface area (Å²) in [7, 11) is -3.49. The first-order valence-electron chi connectivity index (χ1n) is 6.57. The van der Waals surface area contributed by atoms with Crippen LogP contribution in [0.3, 0.4) is 0 Å². The summed E-state index contributed by atoms with van der Waals surface area (Å²) in [6, 6.07) is 9.03. The van der Waals surface area contributed by atoms with Gasteiger partial charge in [0.2, 0.25) is 0 Å². The quantitative estimate of drug-likeness (QED) is 0.862. The summed E-state index contributed by atoms with van der Waals surface area (Å²) in [5, 5.41) is 10.6. The third-order valence-electron chi connectivity index (χ3n) is 3.52. The Hall–Kier alpha value is -2.17. The number of pyridine rings is 1. The molecule has 1 N–H and O–H groups in total. The van der Waals surface area contributed by atoms with Gasteiger partial charge in [-0.1, -0.05) is 6.92 Å². The van der Waals surface area contributed by atoms with E-state index in [9.17, 15) is 8.42 Å². The SMILES string of the molecule is CC1CNS(=O)(=O)N(c2ccc3c(C#N)nccc3c2)C1. The number of aromatic nitrogens is 1. The van der Waals surface area contributed by atoms with Gasteiger partial charge in [-0.25, -0.2) is 4.98 Å². The van der Waals surface area contributed by atoms with Crippen molar-refractivity contribution >= 4 is 26.7 Å². The predicted octanol–water partition coefficient (Wildman–Crippen LogP) is 1.40. The zero-order valence-corrected chi connectivity index (χ0v) is 12.3. The number of nitriles is 1. The van der Waals surface area contributed by atoms with Gasteiger partial charge in [-0.15, -0.1) is 0 Å². The van der Waals surface area contributed by atoms with Crippen LogP contribution in [0.25, 0.3) is 10.8 Å². The normalized spacial score (nSPS) is 21.1. The first kappa shape index (κ1) is 13.8. The lowest BCUT2D eigenvalue weighted by molar-refractivity contribution is 0.506. The van der Waals surface area contributed by atoms with E-state index in [2.05, 4.69) is 9.71 Å². The highest BCUT2D eigenvalue weighted by Crippen LogP contribution is 2.27. The molecule has 1 aromatic carbocycles. The van der Waals surface area contributed by atoms with Gasteiger partial charge in [-0.3, -0.25) is 4.31 Å². The molecule has 6 nitrogen and oxygen atoms in total. The molecule has 1 aliphatic heterocycles. The monoisotopic (exact) mass is 302 g/mol. The third-order valence-corrected chi connectivity index (χ3v) is 5.00. The molecule has 0 saturated carbocycles. The summed E-state index contributed by atoms with van der Waals surface area (Å²) in [4.78, 5) is 4.00. The maximum Gasteiger partial charge on any atom is 0.301 e. The molecule has 0 radical (unpaired) electrons. The molecule has 2 heterocycles. The number of rotatable bonds is 1. The zero-order valence-electron chi connectivity index (χ0n) is 11.4. The Bertz CT molecular complexity index is 842. The summed E-state index contributed by atoms with van der Waals surface area (Å²) in [5.74, 6) is 0.233. The van der Waals surface area contributed by atoms with E-state index in [0.717, 1.165) is 10.8 Å². The van der Waals surface area contributed by atoms with Gasteiger partial charge in [-0.2, -0.15) is 18.4 Å². The highest BCUT2D eigenvalue weighted by atomic mass is 32.2. The average molecular weight is 302 g/mol. The molecule has 1 atom stereocenters. The van der Waals surface area contributed by atoms with E-state index in [4.69, 9.17) is 5.26 Å². The van der Waals surface area contributed by atoms with Gasteiger partial charge < -0.3 is 0 Å². The Morgan fingerprint density at radius 3 is 3.00 bits per heavy atom. The minimum Gasteiger partial charge on any atom is -0.258 e. The van der Waals surface area contributed by atoms with Crippen molar-refractivity contribution < 1.29 is 8.42 Å². The molecule has 7 heteroatoms. The number of fused-ring (bicyclic) bond motifs is 1. The van der Waals surface area contributed by atoms with Crippen LogP contribution in [0.2, 0.25) is 0 Å². The average Bonchev–Trinajstić information content (AvgIpc) is 2.48. The first-order valence-corrected chi connectivity index (χ1v) is 8.01. The van der Waals surface area contributed by atoms with E-state index in [0.29, 0.717) is 24.5 Å². The molecule has 1 unspecified atom stereocenters. The van der Waals surface area contributed by atoms with Crippen molar-refractivity contribution in [3.8, 4) is 6.07 Å². The van der Waals surface area contributed by atoms with Crippen LogP contribution >= 0.6 is 0 Å². The van der Waals surface area contributed by atoms with E-state index in [1.54, 1.807) is 30.5 Å². The second kappa shape index (κ2) is 4.98. The number of hydrogen-bond acceptors (Lipinski definition) is 4. The Morgan fingerprint density at radius 2 is 2.24 bits per heavy atom. The molecule has 1 saturated heterocycles. The zero-order chi connectivity index (χ0) is 15.0. The molecule has 108 valence electrons. The highest BCUT2D eigenvalue weighted by molar-refractivity contribution is 7.90. The minimum absolute atomic E-state index is 0.233. The lowest BCUT2D eigenvalue weighted by Crippen LogP contribution is -2.50. The Balaban J connectivity index is 2.11. The van der Waals surface area contributed by atoms with Crippen LogP contribution in [0.4, 0.5) is 5.69 Å². The van der Waals surface area contributed by atoms with Gasteiger partial charge in [0.25, 0.3) is 0 Å². The Morgan fingerprint density at radius 1 is 1.43 bits per heavy atom. The lowest BCUT2D eigenvalue weighted by atomic mass is 10.1. The molecule has 0 spiro atoms. The van der Waals surface area contributed by atoms with Gasteiger partial charge in [0.1, 0.15) is 11.8 Å². The molecular weight excluding hydrogens is 288 g/mol. The Kier molecular flexibility index (Phi) is 3.27. The van der Waals surface area contributed by atoms with Crippen molar-refractivity contribution in [1.29, 1.82) is 5.26 Å². The summed E-state index contributed by atoms with van der Waals surface area (Å²) < 4.78 is 28.2. The van der Waals surface area contributed by atoms with Gasteiger partial charge in [-0.05, 0) is 35.6 Å². The number of nitrogens with one attached hydrogen (secondary N) is 1. The largest absolute Gasteiger partial charge is 0.301 e. The molecule has 1 fully saturated rings. The van der Waals surface area contributed by atoms with E-state index in [1.807, 2.05) is 13.0 Å². The molecule has 1 aromatic heterocycles. The molecule has 3 rings (SSSR count). The summed E-state index contributed by atoms with van der Waals surface area (Å²) in [6.07, 6.45) is 1.55. The number of hydrogen-bond donors (Lipinski definition) is 1.